The van der Waals surface area contributed by atoms with Crippen LogP contribution in [0, 0.1) is 11.3 Å². The van der Waals surface area contributed by atoms with Crippen LogP contribution in [0.3, 0.4) is 0 Å². The minimum Gasteiger partial charge on any atom is -0.335 e. The Labute approximate surface area is 111 Å². The van der Waals surface area contributed by atoms with E-state index in [4.69, 9.17) is 5.26 Å². The van der Waals surface area contributed by atoms with Crippen LogP contribution in [0.4, 0.5) is 0 Å². The van der Waals surface area contributed by atoms with Gasteiger partial charge in [0, 0.05) is 26.2 Å². The number of nitrogens with zero attached hydrogens (tertiary/aromatic N) is 3. The molecule has 2 rings (SSSR count). The van der Waals surface area contributed by atoms with Gasteiger partial charge >= 0.3 is 0 Å². The second-order valence-electron chi connectivity index (χ2n) is 4.36. The summed E-state index contributed by atoms with van der Waals surface area (Å²) in [7, 11) is 0. The molecule has 4 nitrogen and oxygen atoms in total. The van der Waals surface area contributed by atoms with Gasteiger partial charge in [0.15, 0.2) is 0 Å². The summed E-state index contributed by atoms with van der Waals surface area (Å²) in [5, 5.41) is 11.0. The summed E-state index contributed by atoms with van der Waals surface area (Å²) in [4.78, 5) is 17.0. The third-order valence-electron chi connectivity index (χ3n) is 3.31. The van der Waals surface area contributed by atoms with E-state index in [-0.39, 0.29) is 11.9 Å². The van der Waals surface area contributed by atoms with Gasteiger partial charge in [-0.1, -0.05) is 13.0 Å². The SMILES string of the molecule is CCC(C#N)N1CCN(C(=O)c2cccs2)CC1. The van der Waals surface area contributed by atoms with Gasteiger partial charge in [-0.25, -0.2) is 0 Å². The summed E-state index contributed by atoms with van der Waals surface area (Å²) >= 11 is 1.48. The Morgan fingerprint density at radius 3 is 2.72 bits per heavy atom. The van der Waals surface area contributed by atoms with Crippen LogP contribution in [0.1, 0.15) is 23.0 Å². The molecule has 0 saturated carbocycles. The van der Waals surface area contributed by atoms with Crippen molar-refractivity contribution in [1.82, 2.24) is 9.80 Å². The van der Waals surface area contributed by atoms with E-state index in [1.165, 1.54) is 11.3 Å². The second kappa shape index (κ2) is 5.98. The molecule has 1 atom stereocenters. The predicted molar refractivity (Wildman–Crippen MR) is 71.5 cm³/mol. The molecule has 1 fully saturated rings. The lowest BCUT2D eigenvalue weighted by Gasteiger charge is -2.36. The summed E-state index contributed by atoms with van der Waals surface area (Å²) in [5.41, 5.74) is 0. The third kappa shape index (κ3) is 2.71. The molecule has 96 valence electrons. The van der Waals surface area contributed by atoms with Gasteiger partial charge < -0.3 is 4.90 Å². The van der Waals surface area contributed by atoms with E-state index in [1.54, 1.807) is 0 Å². The van der Waals surface area contributed by atoms with E-state index in [0.29, 0.717) is 0 Å². The molecular formula is C13H17N3OS. The first kappa shape index (κ1) is 13.1. The fourth-order valence-corrected chi connectivity index (χ4v) is 2.91. The number of thiophene rings is 1. The van der Waals surface area contributed by atoms with Crippen molar-refractivity contribution in [3.63, 3.8) is 0 Å². The smallest absolute Gasteiger partial charge is 0.264 e. The number of piperazine rings is 1. The van der Waals surface area contributed by atoms with Gasteiger partial charge in [0.25, 0.3) is 5.91 Å². The first-order valence-corrected chi connectivity index (χ1v) is 7.10. The Bertz CT molecular complexity index is 430. The predicted octanol–water partition coefficient (Wildman–Crippen LogP) is 1.81. The van der Waals surface area contributed by atoms with Gasteiger partial charge in [-0.2, -0.15) is 5.26 Å². The lowest BCUT2D eigenvalue weighted by atomic mass is 10.2. The standard InChI is InChI=1S/C13H17N3OS/c1-2-11(10-14)15-5-7-16(8-6-15)13(17)12-4-3-9-18-12/h3-4,9,11H,2,5-8H2,1H3. The van der Waals surface area contributed by atoms with Crippen LogP contribution in [-0.4, -0.2) is 47.9 Å². The van der Waals surface area contributed by atoms with Crippen LogP contribution in [0.5, 0.6) is 0 Å². The molecule has 5 heteroatoms. The zero-order chi connectivity index (χ0) is 13.0. The number of carbonyl (C=O) groups is 1. The Kier molecular flexibility index (Phi) is 4.34. The summed E-state index contributed by atoms with van der Waals surface area (Å²) in [6.07, 6.45) is 0.843. The van der Waals surface area contributed by atoms with E-state index in [2.05, 4.69) is 11.0 Å². The Morgan fingerprint density at radius 2 is 2.22 bits per heavy atom. The molecule has 0 aromatic carbocycles. The van der Waals surface area contributed by atoms with Crippen molar-refractivity contribution >= 4 is 17.2 Å². The average Bonchev–Trinajstić information content (AvgIpc) is 2.94. The number of nitriles is 1. The highest BCUT2D eigenvalue weighted by Crippen LogP contribution is 2.15. The molecule has 1 aliphatic heterocycles. The van der Waals surface area contributed by atoms with Crippen LogP contribution < -0.4 is 0 Å². The van der Waals surface area contributed by atoms with E-state index < -0.39 is 0 Å². The van der Waals surface area contributed by atoms with E-state index in [0.717, 1.165) is 37.5 Å². The van der Waals surface area contributed by atoms with Crippen LogP contribution in [0.25, 0.3) is 0 Å². The number of hydrogen-bond acceptors (Lipinski definition) is 4. The highest BCUT2D eigenvalue weighted by Gasteiger charge is 2.25. The molecule has 0 spiro atoms. The topological polar surface area (TPSA) is 47.3 Å². The molecule has 1 aliphatic rings. The molecule has 0 aliphatic carbocycles. The summed E-state index contributed by atoms with van der Waals surface area (Å²) < 4.78 is 0. The van der Waals surface area contributed by atoms with Crippen molar-refractivity contribution in [2.75, 3.05) is 26.2 Å². The molecule has 0 N–H and O–H groups in total. The maximum atomic E-state index is 12.1. The van der Waals surface area contributed by atoms with Crippen LogP contribution in [0.15, 0.2) is 17.5 Å². The number of amides is 1. The fraction of sp³-hybridized carbons (Fsp3) is 0.538. The second-order valence-corrected chi connectivity index (χ2v) is 5.31. The van der Waals surface area contributed by atoms with Crippen LogP contribution in [0.2, 0.25) is 0 Å². The van der Waals surface area contributed by atoms with Crippen molar-refractivity contribution < 1.29 is 4.79 Å². The van der Waals surface area contributed by atoms with E-state index >= 15 is 0 Å². The van der Waals surface area contributed by atoms with Gasteiger partial charge in [0.1, 0.15) is 0 Å². The van der Waals surface area contributed by atoms with E-state index in [9.17, 15) is 4.79 Å². The fourth-order valence-electron chi connectivity index (χ4n) is 2.22. The van der Waals surface area contributed by atoms with Gasteiger partial charge in [0.2, 0.25) is 0 Å². The largest absolute Gasteiger partial charge is 0.335 e. The molecule has 18 heavy (non-hydrogen) atoms. The van der Waals surface area contributed by atoms with Crippen molar-refractivity contribution in [2.24, 2.45) is 0 Å². The zero-order valence-electron chi connectivity index (χ0n) is 10.5. The maximum Gasteiger partial charge on any atom is 0.264 e. The number of rotatable bonds is 3. The highest BCUT2D eigenvalue weighted by atomic mass is 32.1. The molecule has 2 heterocycles. The lowest BCUT2D eigenvalue weighted by Crippen LogP contribution is -2.51. The first-order valence-electron chi connectivity index (χ1n) is 6.22. The molecule has 1 unspecified atom stereocenters. The summed E-state index contributed by atoms with van der Waals surface area (Å²) in [5.74, 6) is 0.120. The maximum absolute atomic E-state index is 12.1. The first-order chi connectivity index (χ1) is 8.76. The third-order valence-corrected chi connectivity index (χ3v) is 4.17. The minimum absolute atomic E-state index is 0.0102. The molecule has 1 saturated heterocycles. The Hall–Kier alpha value is -1.38. The molecule has 0 radical (unpaired) electrons. The molecule has 1 aromatic rings. The van der Waals surface area contributed by atoms with Crippen LogP contribution in [-0.2, 0) is 0 Å². The van der Waals surface area contributed by atoms with Crippen molar-refractivity contribution in [2.45, 2.75) is 19.4 Å². The molecule has 0 bridgehead atoms. The summed E-state index contributed by atoms with van der Waals surface area (Å²) in [6.45, 7) is 5.05. The molecule has 1 aromatic heterocycles. The van der Waals surface area contributed by atoms with Gasteiger partial charge in [-0.3, -0.25) is 9.69 Å². The molecule has 1 amide bonds. The number of hydrogen-bond donors (Lipinski definition) is 0. The normalized spacial score (nSPS) is 18.3. The van der Waals surface area contributed by atoms with Gasteiger partial charge in [0.05, 0.1) is 17.0 Å². The highest BCUT2D eigenvalue weighted by molar-refractivity contribution is 7.12. The lowest BCUT2D eigenvalue weighted by molar-refractivity contribution is 0.0609. The minimum atomic E-state index is -0.0102. The zero-order valence-corrected chi connectivity index (χ0v) is 11.3. The van der Waals surface area contributed by atoms with Crippen molar-refractivity contribution in [1.29, 1.82) is 5.26 Å². The summed E-state index contributed by atoms with van der Waals surface area (Å²) in [6, 6.07) is 6.07. The van der Waals surface area contributed by atoms with Crippen LogP contribution >= 0.6 is 11.3 Å². The quantitative estimate of drug-likeness (QED) is 0.835. The van der Waals surface area contributed by atoms with Gasteiger partial charge in [-0.15, -0.1) is 11.3 Å². The monoisotopic (exact) mass is 263 g/mol. The Morgan fingerprint density at radius 1 is 1.50 bits per heavy atom. The average molecular weight is 263 g/mol. The van der Waals surface area contributed by atoms with Crippen molar-refractivity contribution in [3.8, 4) is 6.07 Å². The number of carbonyl (C=O) groups excluding carboxylic acids is 1. The molecular weight excluding hydrogens is 246 g/mol. The van der Waals surface area contributed by atoms with Gasteiger partial charge in [-0.05, 0) is 17.9 Å². The van der Waals surface area contributed by atoms with E-state index in [1.807, 2.05) is 29.3 Å². The Balaban J connectivity index is 1.91. The van der Waals surface area contributed by atoms with Crippen molar-refractivity contribution in [3.05, 3.63) is 22.4 Å².